The van der Waals surface area contributed by atoms with Crippen molar-refractivity contribution in [2.24, 2.45) is 0 Å². The van der Waals surface area contributed by atoms with Crippen LogP contribution >= 0.6 is 7.82 Å². The zero-order chi connectivity index (χ0) is 35.4. The average Bonchev–Trinajstić information content (AvgIpc) is 3.05. The van der Waals surface area contributed by atoms with Gasteiger partial charge in [-0.3, -0.25) is 14.1 Å². The van der Waals surface area contributed by atoms with Crippen LogP contribution in [0.25, 0.3) is 0 Å². The highest BCUT2D eigenvalue weighted by atomic mass is 31.2. The predicted molar refractivity (Wildman–Crippen MR) is 197 cm³/mol. The van der Waals surface area contributed by atoms with Crippen LogP contribution in [0.3, 0.4) is 0 Å². The number of hydrogen-bond donors (Lipinski definition) is 2. The van der Waals surface area contributed by atoms with Crippen LogP contribution in [0.5, 0.6) is 0 Å². The third kappa shape index (κ3) is 36.3. The number of hydrogen-bond acceptors (Lipinski definition) is 6. The normalized spacial score (nSPS) is 13.3. The van der Waals surface area contributed by atoms with E-state index in [-0.39, 0.29) is 19.4 Å². The van der Waals surface area contributed by atoms with Gasteiger partial charge in [0.25, 0.3) is 0 Å². The van der Waals surface area contributed by atoms with Crippen molar-refractivity contribution in [1.82, 2.24) is 0 Å². The van der Waals surface area contributed by atoms with Gasteiger partial charge in [-0.15, -0.1) is 0 Å². The summed E-state index contributed by atoms with van der Waals surface area (Å²) in [4.78, 5) is 42.6. The summed E-state index contributed by atoms with van der Waals surface area (Å²) in [6, 6.07) is 0. The number of carbonyl (C=O) groups is 2. The van der Waals surface area contributed by atoms with Crippen molar-refractivity contribution in [2.75, 3.05) is 13.2 Å². The molecule has 0 spiro atoms. The third-order valence-corrected chi connectivity index (χ3v) is 7.69. The molecule has 274 valence electrons. The topological polar surface area (TPSA) is 119 Å². The molecule has 0 bridgehead atoms. The molecule has 1 atom stereocenters. The molecule has 0 aromatic heterocycles. The number of carbonyl (C=O) groups excluding carboxylic acids is 2. The van der Waals surface area contributed by atoms with Crippen LogP contribution in [0, 0.1) is 0 Å². The van der Waals surface area contributed by atoms with Crippen molar-refractivity contribution in [1.29, 1.82) is 0 Å². The molecule has 0 saturated carbocycles. The molecule has 0 radical (unpaired) electrons. The SMILES string of the molecule is CC/C=C\C/C=C\C/C=C\C/C=C\C/C=C\CCCC(=O)OC[C@H](COP(=O)(O)O)OC(=O)CCCCCCC/C=C\CCCCCC. The van der Waals surface area contributed by atoms with Gasteiger partial charge in [0.15, 0.2) is 6.10 Å². The first-order chi connectivity index (χ1) is 23.3. The monoisotopic (exact) mass is 692 g/mol. The molecule has 0 aromatic rings. The number of rotatable bonds is 32. The lowest BCUT2D eigenvalue weighted by molar-refractivity contribution is -0.161. The molecule has 0 aliphatic heterocycles. The van der Waals surface area contributed by atoms with Gasteiger partial charge < -0.3 is 19.3 Å². The lowest BCUT2D eigenvalue weighted by Crippen LogP contribution is -2.29. The standard InChI is InChI=1S/C39H65O8P/c1-3-5-7-9-11-13-15-17-18-19-20-22-23-25-27-29-31-33-38(40)45-35-37(36-46-48(42,43)44)47-39(41)34-32-30-28-26-24-21-16-14-12-10-8-6-4-2/h5,7,11,13-14,16-18,20,22,25,27,37H,3-4,6,8-10,12,15,19,21,23-24,26,28-36H2,1-2H3,(H2,42,43,44)/b7-5-,13-11-,16-14-,18-17-,22-20-,27-25-/t37-/m1/s1. The second kappa shape index (κ2) is 34.4. The molecule has 0 rings (SSSR count). The summed E-state index contributed by atoms with van der Waals surface area (Å²) in [6.45, 7) is 3.47. The fourth-order valence-electron chi connectivity index (χ4n) is 4.52. The Bertz CT molecular complexity index is 1010. The lowest BCUT2D eigenvalue weighted by atomic mass is 10.1. The van der Waals surface area contributed by atoms with E-state index < -0.39 is 32.5 Å². The summed E-state index contributed by atoms with van der Waals surface area (Å²) < 4.78 is 26.2. The van der Waals surface area contributed by atoms with E-state index in [0.717, 1.165) is 77.0 Å². The maximum Gasteiger partial charge on any atom is 0.469 e. The Balaban J connectivity index is 4.12. The van der Waals surface area contributed by atoms with E-state index in [2.05, 4.69) is 85.2 Å². The molecule has 9 heteroatoms. The number of unbranched alkanes of at least 4 members (excludes halogenated alkanes) is 10. The Hall–Kier alpha value is -2.51. The Morgan fingerprint density at radius 3 is 1.58 bits per heavy atom. The minimum Gasteiger partial charge on any atom is -0.462 e. The van der Waals surface area contributed by atoms with Crippen molar-refractivity contribution in [3.05, 3.63) is 72.9 Å². The van der Waals surface area contributed by atoms with Gasteiger partial charge in [-0.25, -0.2) is 4.57 Å². The molecule has 0 saturated heterocycles. The summed E-state index contributed by atoms with van der Waals surface area (Å²) in [5.74, 6) is -0.972. The molecule has 0 unspecified atom stereocenters. The van der Waals surface area contributed by atoms with Gasteiger partial charge in [-0.05, 0) is 77.0 Å². The molecule has 0 fully saturated rings. The van der Waals surface area contributed by atoms with Crippen molar-refractivity contribution < 1.29 is 37.9 Å². The fourth-order valence-corrected chi connectivity index (χ4v) is 4.88. The minimum absolute atomic E-state index is 0.184. The van der Waals surface area contributed by atoms with Crippen molar-refractivity contribution in [3.8, 4) is 0 Å². The average molecular weight is 693 g/mol. The van der Waals surface area contributed by atoms with Crippen LogP contribution in [-0.2, 0) is 28.2 Å². The number of phosphoric acid groups is 1. The van der Waals surface area contributed by atoms with Crippen LogP contribution in [0.4, 0.5) is 0 Å². The maximum atomic E-state index is 12.3. The van der Waals surface area contributed by atoms with Gasteiger partial charge in [0.1, 0.15) is 6.61 Å². The molecule has 0 aromatic carbocycles. The maximum absolute atomic E-state index is 12.3. The summed E-state index contributed by atoms with van der Waals surface area (Å²) in [7, 11) is -4.77. The highest BCUT2D eigenvalue weighted by Gasteiger charge is 2.22. The first-order valence-corrected chi connectivity index (χ1v) is 19.8. The van der Waals surface area contributed by atoms with Crippen LogP contribution in [0.15, 0.2) is 72.9 Å². The van der Waals surface area contributed by atoms with Crippen LogP contribution in [-0.4, -0.2) is 41.0 Å². The minimum atomic E-state index is -4.77. The Morgan fingerprint density at radius 2 is 1.02 bits per heavy atom. The summed E-state index contributed by atoms with van der Waals surface area (Å²) in [5, 5.41) is 0. The van der Waals surface area contributed by atoms with Gasteiger partial charge in [0, 0.05) is 12.8 Å². The molecule has 0 heterocycles. The van der Waals surface area contributed by atoms with E-state index in [4.69, 9.17) is 19.3 Å². The highest BCUT2D eigenvalue weighted by molar-refractivity contribution is 7.46. The number of esters is 2. The Morgan fingerprint density at radius 1 is 0.562 bits per heavy atom. The number of ether oxygens (including phenoxy) is 2. The van der Waals surface area contributed by atoms with E-state index in [0.29, 0.717) is 12.8 Å². The van der Waals surface area contributed by atoms with E-state index in [1.807, 2.05) is 6.08 Å². The van der Waals surface area contributed by atoms with E-state index in [1.54, 1.807) is 0 Å². The molecule has 0 aliphatic carbocycles. The summed E-state index contributed by atoms with van der Waals surface area (Å²) in [6.07, 6.45) is 43.4. The Labute approximate surface area is 291 Å². The smallest absolute Gasteiger partial charge is 0.462 e. The summed E-state index contributed by atoms with van der Waals surface area (Å²) >= 11 is 0. The second-order valence-corrected chi connectivity index (χ2v) is 13.0. The Kier molecular flexibility index (Phi) is 32.6. The van der Waals surface area contributed by atoms with E-state index in [9.17, 15) is 14.2 Å². The zero-order valence-corrected chi connectivity index (χ0v) is 30.7. The van der Waals surface area contributed by atoms with Crippen molar-refractivity contribution >= 4 is 19.8 Å². The molecule has 48 heavy (non-hydrogen) atoms. The molecule has 0 amide bonds. The van der Waals surface area contributed by atoms with Crippen molar-refractivity contribution in [2.45, 2.75) is 148 Å². The quantitative estimate of drug-likeness (QED) is 0.0309. The first kappa shape index (κ1) is 45.5. The van der Waals surface area contributed by atoms with Gasteiger partial charge >= 0.3 is 19.8 Å². The van der Waals surface area contributed by atoms with Gasteiger partial charge in [0.2, 0.25) is 0 Å². The summed E-state index contributed by atoms with van der Waals surface area (Å²) in [5.41, 5.74) is 0. The first-order valence-electron chi connectivity index (χ1n) is 18.2. The third-order valence-electron chi connectivity index (χ3n) is 7.21. The van der Waals surface area contributed by atoms with E-state index in [1.165, 1.54) is 25.7 Å². The zero-order valence-electron chi connectivity index (χ0n) is 29.9. The largest absolute Gasteiger partial charge is 0.469 e. The van der Waals surface area contributed by atoms with Gasteiger partial charge in [-0.2, -0.15) is 0 Å². The van der Waals surface area contributed by atoms with Gasteiger partial charge in [-0.1, -0.05) is 125 Å². The molecule has 2 N–H and O–H groups in total. The molecule has 8 nitrogen and oxygen atoms in total. The fraction of sp³-hybridized carbons (Fsp3) is 0.641. The van der Waals surface area contributed by atoms with Crippen LogP contribution in [0.1, 0.15) is 142 Å². The lowest BCUT2D eigenvalue weighted by Gasteiger charge is -2.18. The van der Waals surface area contributed by atoms with E-state index >= 15 is 0 Å². The molecule has 0 aliphatic rings. The predicted octanol–water partition coefficient (Wildman–Crippen LogP) is 10.7. The van der Waals surface area contributed by atoms with Gasteiger partial charge in [0.05, 0.1) is 6.61 Å². The van der Waals surface area contributed by atoms with Crippen molar-refractivity contribution in [3.63, 3.8) is 0 Å². The van der Waals surface area contributed by atoms with Crippen LogP contribution < -0.4 is 0 Å². The second-order valence-electron chi connectivity index (χ2n) is 11.8. The molecular weight excluding hydrogens is 627 g/mol. The van der Waals surface area contributed by atoms with Crippen LogP contribution in [0.2, 0.25) is 0 Å². The number of allylic oxidation sites excluding steroid dienone is 12. The molecular formula is C39H65O8P. The highest BCUT2D eigenvalue weighted by Crippen LogP contribution is 2.35. The number of phosphoric ester groups is 1.